The molecule has 8 nitrogen and oxygen atoms in total. The van der Waals surface area contributed by atoms with Crippen LogP contribution in [0.1, 0.15) is 24.3 Å². The van der Waals surface area contributed by atoms with Crippen LogP contribution in [0.5, 0.6) is 0 Å². The average molecular weight is 286 g/mol. The molecule has 3 aromatic heterocycles. The number of hydrogen-bond acceptors (Lipinski definition) is 6. The lowest BCUT2D eigenvalue weighted by Crippen LogP contribution is -2.24. The number of rotatable bonds is 3. The number of nitrogens with one attached hydrogen (secondary N) is 1. The van der Waals surface area contributed by atoms with Gasteiger partial charge in [-0.15, -0.1) is 0 Å². The van der Waals surface area contributed by atoms with Crippen LogP contribution in [0.15, 0.2) is 23.4 Å². The lowest BCUT2D eigenvalue weighted by atomic mass is 10.2. The van der Waals surface area contributed by atoms with Gasteiger partial charge in [0.15, 0.2) is 0 Å². The predicted molar refractivity (Wildman–Crippen MR) is 74.6 cm³/mol. The van der Waals surface area contributed by atoms with Gasteiger partial charge in [-0.3, -0.25) is 4.79 Å². The minimum Gasteiger partial charge on any atom is -0.443 e. The predicted octanol–water partition coefficient (Wildman–Crippen LogP) is 1.63. The highest BCUT2D eigenvalue weighted by atomic mass is 16.3. The molecule has 0 aliphatic heterocycles. The van der Waals surface area contributed by atoms with Crippen LogP contribution >= 0.6 is 0 Å². The summed E-state index contributed by atoms with van der Waals surface area (Å²) in [5.41, 5.74) is 1.37. The summed E-state index contributed by atoms with van der Waals surface area (Å²) in [7, 11) is 0. The highest BCUT2D eigenvalue weighted by molar-refractivity contribution is 6.00. The molecule has 0 aliphatic carbocycles. The van der Waals surface area contributed by atoms with Gasteiger partial charge in [0.25, 0.3) is 0 Å². The van der Waals surface area contributed by atoms with Crippen molar-refractivity contribution in [2.45, 2.75) is 26.8 Å². The SMILES string of the molecule is Cc1oc2ncnc(NC(=O)C(C)n3cncn3)c2c1C. The van der Waals surface area contributed by atoms with Crippen molar-refractivity contribution in [3.05, 3.63) is 30.3 Å². The molecule has 3 heterocycles. The molecule has 0 bridgehead atoms. The largest absolute Gasteiger partial charge is 0.443 e. The number of anilines is 1. The molecule has 1 N–H and O–H groups in total. The minimum atomic E-state index is -0.495. The number of amides is 1. The Labute approximate surface area is 120 Å². The number of aromatic nitrogens is 5. The molecule has 0 saturated carbocycles. The number of aryl methyl sites for hydroxylation is 2. The van der Waals surface area contributed by atoms with E-state index in [1.165, 1.54) is 23.7 Å². The van der Waals surface area contributed by atoms with Gasteiger partial charge in [0.05, 0.1) is 5.39 Å². The molecule has 0 aliphatic rings. The molecule has 108 valence electrons. The van der Waals surface area contributed by atoms with Crippen molar-refractivity contribution in [1.82, 2.24) is 24.7 Å². The molecule has 1 amide bonds. The van der Waals surface area contributed by atoms with E-state index in [-0.39, 0.29) is 5.91 Å². The van der Waals surface area contributed by atoms with E-state index in [2.05, 4.69) is 25.4 Å². The maximum atomic E-state index is 12.3. The van der Waals surface area contributed by atoms with Gasteiger partial charge in [-0.1, -0.05) is 0 Å². The second-order valence-electron chi connectivity index (χ2n) is 4.73. The Morgan fingerprint density at radius 3 is 2.86 bits per heavy atom. The zero-order chi connectivity index (χ0) is 15.0. The van der Waals surface area contributed by atoms with Gasteiger partial charge >= 0.3 is 0 Å². The van der Waals surface area contributed by atoms with E-state index in [1.54, 1.807) is 6.92 Å². The van der Waals surface area contributed by atoms with Crippen LogP contribution in [0.3, 0.4) is 0 Å². The first kappa shape index (κ1) is 13.2. The Kier molecular flexibility index (Phi) is 3.13. The van der Waals surface area contributed by atoms with Crippen LogP contribution in [0.4, 0.5) is 5.82 Å². The Balaban J connectivity index is 1.93. The monoisotopic (exact) mass is 286 g/mol. The number of fused-ring (bicyclic) bond motifs is 1. The van der Waals surface area contributed by atoms with E-state index in [1.807, 2.05) is 13.8 Å². The summed E-state index contributed by atoms with van der Waals surface area (Å²) >= 11 is 0. The topological polar surface area (TPSA) is 98.7 Å². The van der Waals surface area contributed by atoms with Crippen molar-refractivity contribution >= 4 is 22.8 Å². The first-order chi connectivity index (χ1) is 10.1. The Bertz CT molecular complexity index is 792. The van der Waals surface area contributed by atoms with Gasteiger partial charge < -0.3 is 9.73 Å². The van der Waals surface area contributed by atoms with E-state index in [9.17, 15) is 4.79 Å². The second-order valence-corrected chi connectivity index (χ2v) is 4.73. The molecule has 8 heteroatoms. The van der Waals surface area contributed by atoms with Crippen LogP contribution in [-0.4, -0.2) is 30.6 Å². The molecule has 3 aromatic rings. The first-order valence-corrected chi connectivity index (χ1v) is 6.43. The Morgan fingerprint density at radius 2 is 2.14 bits per heavy atom. The van der Waals surface area contributed by atoms with Gasteiger partial charge in [-0.2, -0.15) is 5.10 Å². The summed E-state index contributed by atoms with van der Waals surface area (Å²) in [4.78, 5) is 24.3. The summed E-state index contributed by atoms with van der Waals surface area (Å²) in [6.07, 6.45) is 4.24. The molecule has 3 rings (SSSR count). The standard InChI is InChI=1S/C13H14N6O2/c1-7-9(3)21-13-10(7)11(15-5-16-13)18-12(20)8(2)19-6-14-4-17-19/h4-6,8H,1-3H3,(H,15,16,18,20). The molecule has 21 heavy (non-hydrogen) atoms. The van der Waals surface area contributed by atoms with Crippen molar-refractivity contribution in [3.63, 3.8) is 0 Å². The van der Waals surface area contributed by atoms with E-state index >= 15 is 0 Å². The highest BCUT2D eigenvalue weighted by Crippen LogP contribution is 2.28. The number of carbonyl (C=O) groups is 1. The summed E-state index contributed by atoms with van der Waals surface area (Å²) < 4.78 is 7.00. The minimum absolute atomic E-state index is 0.237. The van der Waals surface area contributed by atoms with E-state index in [4.69, 9.17) is 4.42 Å². The van der Waals surface area contributed by atoms with Gasteiger partial charge in [-0.05, 0) is 20.8 Å². The van der Waals surface area contributed by atoms with Gasteiger partial charge in [0.1, 0.15) is 36.6 Å². The summed E-state index contributed by atoms with van der Waals surface area (Å²) in [5.74, 6) is 0.954. The second kappa shape index (κ2) is 4.97. The molecule has 0 saturated heterocycles. The normalized spacial score (nSPS) is 12.5. The van der Waals surface area contributed by atoms with E-state index in [0.717, 1.165) is 11.3 Å². The first-order valence-electron chi connectivity index (χ1n) is 6.43. The summed E-state index contributed by atoms with van der Waals surface area (Å²) in [5, 5.41) is 7.46. The zero-order valence-electron chi connectivity index (χ0n) is 11.9. The van der Waals surface area contributed by atoms with Gasteiger partial charge in [-0.25, -0.2) is 19.6 Å². The summed E-state index contributed by atoms with van der Waals surface area (Å²) in [6, 6.07) is -0.495. The lowest BCUT2D eigenvalue weighted by molar-refractivity contribution is -0.119. The molecule has 0 spiro atoms. The quantitative estimate of drug-likeness (QED) is 0.785. The van der Waals surface area contributed by atoms with Crippen LogP contribution in [0.25, 0.3) is 11.1 Å². The van der Waals surface area contributed by atoms with E-state index < -0.39 is 6.04 Å². The van der Waals surface area contributed by atoms with E-state index in [0.29, 0.717) is 16.9 Å². The molecule has 0 radical (unpaired) electrons. The number of carbonyl (C=O) groups excluding carboxylic acids is 1. The van der Waals surface area contributed by atoms with Crippen molar-refractivity contribution in [3.8, 4) is 0 Å². The smallest absolute Gasteiger partial charge is 0.250 e. The van der Waals surface area contributed by atoms with Crippen LogP contribution in [0, 0.1) is 13.8 Å². The zero-order valence-corrected chi connectivity index (χ0v) is 11.9. The molecule has 0 fully saturated rings. The molecular weight excluding hydrogens is 272 g/mol. The number of nitrogens with zero attached hydrogens (tertiary/aromatic N) is 5. The van der Waals surface area contributed by atoms with Crippen molar-refractivity contribution in [2.24, 2.45) is 0 Å². The maximum Gasteiger partial charge on any atom is 0.250 e. The molecular formula is C13H14N6O2. The van der Waals surface area contributed by atoms with Crippen molar-refractivity contribution in [2.75, 3.05) is 5.32 Å². The summed E-state index contributed by atoms with van der Waals surface area (Å²) in [6.45, 7) is 5.48. The number of furan rings is 1. The third-order valence-corrected chi connectivity index (χ3v) is 3.42. The maximum absolute atomic E-state index is 12.3. The molecule has 0 aromatic carbocycles. The highest BCUT2D eigenvalue weighted by Gasteiger charge is 2.19. The molecule has 1 unspecified atom stereocenters. The van der Waals surface area contributed by atoms with Gasteiger partial charge in [0, 0.05) is 5.56 Å². The Hall–Kier alpha value is -2.77. The van der Waals surface area contributed by atoms with Crippen molar-refractivity contribution < 1.29 is 9.21 Å². The number of hydrogen-bond donors (Lipinski definition) is 1. The van der Waals surface area contributed by atoms with Crippen LogP contribution < -0.4 is 5.32 Å². The lowest BCUT2D eigenvalue weighted by Gasteiger charge is -2.11. The van der Waals surface area contributed by atoms with Crippen LogP contribution in [0.2, 0.25) is 0 Å². The third-order valence-electron chi connectivity index (χ3n) is 3.42. The molecule has 1 atom stereocenters. The van der Waals surface area contributed by atoms with Crippen molar-refractivity contribution in [1.29, 1.82) is 0 Å². The fraction of sp³-hybridized carbons (Fsp3) is 0.308. The van der Waals surface area contributed by atoms with Crippen LogP contribution in [-0.2, 0) is 4.79 Å². The fourth-order valence-corrected chi connectivity index (χ4v) is 2.04. The van der Waals surface area contributed by atoms with Gasteiger partial charge in [0.2, 0.25) is 11.6 Å². The third kappa shape index (κ3) is 2.24. The Morgan fingerprint density at radius 1 is 1.33 bits per heavy atom. The average Bonchev–Trinajstić information content (AvgIpc) is 3.08. The fourth-order valence-electron chi connectivity index (χ4n) is 2.04.